The minimum absolute atomic E-state index is 0.0444. The number of carbonyl (C=O) groups excluding carboxylic acids is 2. The molecule has 2 aromatic rings. The van der Waals surface area contributed by atoms with Crippen LogP contribution in [-0.4, -0.2) is 24.4 Å². The first-order valence-corrected chi connectivity index (χ1v) is 12.6. The summed E-state index contributed by atoms with van der Waals surface area (Å²) in [5, 5.41) is 3.19. The normalized spacial score (nSPS) is 18.9. The summed E-state index contributed by atoms with van der Waals surface area (Å²) >= 11 is 4.95. The molecular formula is C25H27BrN2O2S. The van der Waals surface area contributed by atoms with Gasteiger partial charge in [0.15, 0.2) is 0 Å². The van der Waals surface area contributed by atoms with E-state index in [9.17, 15) is 9.59 Å². The van der Waals surface area contributed by atoms with Crippen molar-refractivity contribution in [3.63, 3.8) is 0 Å². The van der Waals surface area contributed by atoms with Crippen molar-refractivity contribution in [1.82, 2.24) is 5.32 Å². The molecule has 1 aliphatic heterocycles. The number of benzene rings is 2. The summed E-state index contributed by atoms with van der Waals surface area (Å²) in [6.45, 7) is 0.0444. The molecule has 162 valence electrons. The summed E-state index contributed by atoms with van der Waals surface area (Å²) in [6.07, 6.45) is 10.0. The molecule has 2 aromatic carbocycles. The largest absolute Gasteiger partial charge is 0.352 e. The lowest BCUT2D eigenvalue weighted by atomic mass is 9.97. The number of fused-ring (bicyclic) bond motifs is 1. The van der Waals surface area contributed by atoms with E-state index in [1.165, 1.54) is 31.0 Å². The molecule has 0 radical (unpaired) electrons. The summed E-state index contributed by atoms with van der Waals surface area (Å²) in [7, 11) is 0. The first-order chi connectivity index (χ1) is 15.1. The first kappa shape index (κ1) is 22.2. The van der Waals surface area contributed by atoms with Crippen molar-refractivity contribution in [3.05, 3.63) is 63.5 Å². The minimum atomic E-state index is -0.128. The van der Waals surface area contributed by atoms with Gasteiger partial charge in [-0.3, -0.25) is 14.5 Å². The Bertz CT molecular complexity index is 983. The molecule has 1 saturated carbocycles. The highest BCUT2D eigenvalue weighted by atomic mass is 79.9. The van der Waals surface area contributed by atoms with Gasteiger partial charge in [-0.1, -0.05) is 84.1 Å². The van der Waals surface area contributed by atoms with E-state index in [0.29, 0.717) is 4.91 Å². The van der Waals surface area contributed by atoms with E-state index in [0.717, 1.165) is 46.3 Å². The van der Waals surface area contributed by atoms with Crippen LogP contribution in [0.3, 0.4) is 0 Å². The van der Waals surface area contributed by atoms with Gasteiger partial charge in [0.25, 0.3) is 5.91 Å². The molecule has 0 atom stereocenters. The molecule has 6 heteroatoms. The molecule has 0 unspecified atom stereocenters. The number of hydrogen-bond donors (Lipinski definition) is 1. The second kappa shape index (κ2) is 10.5. The number of nitrogens with one attached hydrogen (secondary N) is 1. The average molecular weight is 499 g/mol. The van der Waals surface area contributed by atoms with E-state index >= 15 is 0 Å². The summed E-state index contributed by atoms with van der Waals surface area (Å²) < 4.78 is 0.964. The maximum Gasteiger partial charge on any atom is 0.265 e. The van der Waals surface area contributed by atoms with Gasteiger partial charge in [0, 0.05) is 15.4 Å². The van der Waals surface area contributed by atoms with Crippen LogP contribution < -0.4 is 10.2 Å². The van der Waals surface area contributed by atoms with E-state index in [2.05, 4.69) is 21.2 Å². The smallest absolute Gasteiger partial charge is 0.265 e. The quantitative estimate of drug-likeness (QED) is 0.513. The first-order valence-electron chi connectivity index (χ1n) is 11.0. The van der Waals surface area contributed by atoms with Crippen molar-refractivity contribution in [2.24, 2.45) is 0 Å². The molecule has 0 saturated heterocycles. The predicted octanol–water partition coefficient (Wildman–Crippen LogP) is 6.16. The minimum Gasteiger partial charge on any atom is -0.352 e. The number of rotatable bonds is 4. The standard InChI is InChI=1S/C25H27BrN2O2S/c26-19-10-8-9-18(15-19)16-23-25(30)28(21-13-6-7-14-22(21)31-23)17-24(29)27-20-11-4-2-1-3-5-12-20/h6-10,13-16,20H,1-5,11-12,17H2,(H,27,29). The maximum absolute atomic E-state index is 13.4. The third kappa shape index (κ3) is 5.80. The van der Waals surface area contributed by atoms with Gasteiger partial charge in [-0.05, 0) is 48.7 Å². The van der Waals surface area contributed by atoms with Gasteiger partial charge >= 0.3 is 0 Å². The lowest BCUT2D eigenvalue weighted by molar-refractivity contribution is -0.123. The van der Waals surface area contributed by atoms with Gasteiger partial charge in [0.05, 0.1) is 10.6 Å². The Balaban J connectivity index is 1.53. The molecule has 0 aromatic heterocycles. The maximum atomic E-state index is 13.4. The van der Waals surface area contributed by atoms with E-state index in [1.54, 1.807) is 4.90 Å². The fraction of sp³-hybridized carbons (Fsp3) is 0.360. The Morgan fingerprint density at radius 3 is 2.58 bits per heavy atom. The van der Waals surface area contributed by atoms with Crippen LogP contribution in [0.15, 0.2) is 62.8 Å². The lowest BCUT2D eigenvalue weighted by Crippen LogP contribution is -2.45. The molecule has 1 heterocycles. The van der Waals surface area contributed by atoms with Crippen LogP contribution in [0.4, 0.5) is 5.69 Å². The molecule has 0 bridgehead atoms. The summed E-state index contributed by atoms with van der Waals surface area (Å²) in [6, 6.07) is 15.9. The summed E-state index contributed by atoms with van der Waals surface area (Å²) in [5.74, 6) is -0.209. The zero-order valence-corrected chi connectivity index (χ0v) is 19.9. The van der Waals surface area contributed by atoms with E-state index in [4.69, 9.17) is 0 Å². The van der Waals surface area contributed by atoms with Crippen LogP contribution in [-0.2, 0) is 9.59 Å². The van der Waals surface area contributed by atoms with Crippen molar-refractivity contribution >= 4 is 51.3 Å². The second-order valence-corrected chi connectivity index (χ2v) is 10.1. The molecule has 2 amide bonds. The van der Waals surface area contributed by atoms with Crippen molar-refractivity contribution in [2.75, 3.05) is 11.4 Å². The molecule has 4 rings (SSSR count). The predicted molar refractivity (Wildman–Crippen MR) is 131 cm³/mol. The number of amides is 2. The summed E-state index contributed by atoms with van der Waals surface area (Å²) in [4.78, 5) is 29.5. The molecule has 1 aliphatic carbocycles. The van der Waals surface area contributed by atoms with Crippen molar-refractivity contribution < 1.29 is 9.59 Å². The zero-order valence-electron chi connectivity index (χ0n) is 17.5. The number of hydrogen-bond acceptors (Lipinski definition) is 3. The molecule has 1 N–H and O–H groups in total. The van der Waals surface area contributed by atoms with Crippen LogP contribution >= 0.6 is 27.7 Å². The number of anilines is 1. The molecular weight excluding hydrogens is 472 g/mol. The topological polar surface area (TPSA) is 49.4 Å². The Morgan fingerprint density at radius 2 is 1.81 bits per heavy atom. The van der Waals surface area contributed by atoms with Crippen LogP contribution in [0.5, 0.6) is 0 Å². The highest BCUT2D eigenvalue weighted by Crippen LogP contribution is 2.42. The molecule has 0 spiro atoms. The number of thioether (sulfide) groups is 1. The molecule has 4 nitrogen and oxygen atoms in total. The van der Waals surface area contributed by atoms with Gasteiger partial charge in [-0.15, -0.1) is 0 Å². The van der Waals surface area contributed by atoms with E-state index in [1.807, 2.05) is 54.6 Å². The third-order valence-electron chi connectivity index (χ3n) is 5.75. The van der Waals surface area contributed by atoms with Crippen LogP contribution in [0.2, 0.25) is 0 Å². The van der Waals surface area contributed by atoms with Crippen LogP contribution in [0.25, 0.3) is 6.08 Å². The molecule has 2 aliphatic rings. The third-order valence-corrected chi connectivity index (χ3v) is 7.32. The number of nitrogens with zero attached hydrogens (tertiary/aromatic N) is 1. The fourth-order valence-electron chi connectivity index (χ4n) is 4.18. The Kier molecular flexibility index (Phi) is 7.51. The number of para-hydroxylation sites is 1. The van der Waals surface area contributed by atoms with Crippen molar-refractivity contribution in [2.45, 2.75) is 55.9 Å². The van der Waals surface area contributed by atoms with Gasteiger partial charge < -0.3 is 5.32 Å². The van der Waals surface area contributed by atoms with E-state index < -0.39 is 0 Å². The molecule has 1 fully saturated rings. The van der Waals surface area contributed by atoms with Crippen LogP contribution in [0, 0.1) is 0 Å². The Hall–Kier alpha value is -2.05. The monoisotopic (exact) mass is 498 g/mol. The highest BCUT2D eigenvalue weighted by Gasteiger charge is 2.30. The van der Waals surface area contributed by atoms with Gasteiger partial charge in [0.1, 0.15) is 6.54 Å². The SMILES string of the molecule is O=C(CN1C(=O)C(=Cc2cccc(Br)c2)Sc2ccccc21)NC1CCCCCCC1. The van der Waals surface area contributed by atoms with Crippen molar-refractivity contribution in [3.8, 4) is 0 Å². The summed E-state index contributed by atoms with van der Waals surface area (Å²) in [5.41, 5.74) is 1.75. The number of halogens is 1. The van der Waals surface area contributed by atoms with Crippen LogP contribution in [0.1, 0.15) is 50.5 Å². The Morgan fingerprint density at radius 1 is 1.06 bits per heavy atom. The van der Waals surface area contributed by atoms with Gasteiger partial charge in [-0.25, -0.2) is 0 Å². The van der Waals surface area contributed by atoms with Crippen molar-refractivity contribution in [1.29, 1.82) is 0 Å². The lowest BCUT2D eigenvalue weighted by Gasteiger charge is -2.30. The van der Waals surface area contributed by atoms with Gasteiger partial charge in [-0.2, -0.15) is 0 Å². The van der Waals surface area contributed by atoms with E-state index in [-0.39, 0.29) is 24.4 Å². The Labute approximate surface area is 196 Å². The highest BCUT2D eigenvalue weighted by molar-refractivity contribution is 9.10. The average Bonchev–Trinajstić information content (AvgIpc) is 2.73. The molecule has 31 heavy (non-hydrogen) atoms. The second-order valence-electron chi connectivity index (χ2n) is 8.13. The zero-order chi connectivity index (χ0) is 21.6. The number of carbonyl (C=O) groups is 2. The van der Waals surface area contributed by atoms with Gasteiger partial charge in [0.2, 0.25) is 5.91 Å². The fourth-order valence-corrected chi connectivity index (χ4v) is 5.66.